The summed E-state index contributed by atoms with van der Waals surface area (Å²) in [5.41, 5.74) is 0.646. The van der Waals surface area contributed by atoms with Crippen LogP contribution in [0.2, 0.25) is 10.0 Å². The molecule has 0 spiro atoms. The van der Waals surface area contributed by atoms with Gasteiger partial charge in [-0.2, -0.15) is 0 Å². The maximum absolute atomic E-state index is 14.0. The Bertz CT molecular complexity index is 1370. The second-order valence-electron chi connectivity index (χ2n) is 7.68. The minimum absolute atomic E-state index is 0.152. The molecule has 172 valence electrons. The van der Waals surface area contributed by atoms with Crippen LogP contribution in [0.15, 0.2) is 66.2 Å². The number of nitrogens with zero attached hydrogens (tertiary/aromatic N) is 1. The highest BCUT2D eigenvalue weighted by molar-refractivity contribution is 6.51. The molecule has 2 aliphatic heterocycles. The number of aliphatic hydroxyl groups excluding tert-OH is 1. The van der Waals surface area contributed by atoms with Crippen LogP contribution in [0.25, 0.3) is 5.76 Å². The fourth-order valence-corrected chi connectivity index (χ4v) is 4.38. The minimum Gasteiger partial charge on any atom is -0.507 e. The van der Waals surface area contributed by atoms with Crippen LogP contribution in [0.5, 0.6) is 11.5 Å². The highest BCUT2D eigenvalue weighted by atomic mass is 35.5. The van der Waals surface area contributed by atoms with Gasteiger partial charge in [0.1, 0.15) is 24.8 Å². The number of hydrogen-bond donors (Lipinski definition) is 1. The van der Waals surface area contributed by atoms with Crippen LogP contribution in [0, 0.1) is 5.82 Å². The van der Waals surface area contributed by atoms with E-state index in [-0.39, 0.29) is 26.9 Å². The Morgan fingerprint density at radius 3 is 2.44 bits per heavy atom. The van der Waals surface area contributed by atoms with E-state index >= 15 is 0 Å². The number of ketones is 1. The van der Waals surface area contributed by atoms with Crippen molar-refractivity contribution in [2.75, 3.05) is 18.1 Å². The lowest BCUT2D eigenvalue weighted by Crippen LogP contribution is -2.29. The summed E-state index contributed by atoms with van der Waals surface area (Å²) < 4.78 is 25.1. The average molecular weight is 500 g/mol. The standard InChI is InChI=1S/C25H16Cl2FNO5/c26-17-6-4-13(10-18(17)27)22-21(23(30)14-5-7-19-20(11-14)34-9-8-33-19)24(31)25(32)29(22)16-3-1-2-15(28)12-16/h1-7,10-12,22,30H,8-9H2/b23-21-. The highest BCUT2D eigenvalue weighted by Gasteiger charge is 2.47. The molecule has 0 bridgehead atoms. The van der Waals surface area contributed by atoms with Gasteiger partial charge in [0, 0.05) is 11.3 Å². The molecule has 1 unspecified atom stereocenters. The quantitative estimate of drug-likeness (QED) is 0.291. The molecule has 1 atom stereocenters. The molecule has 3 aromatic carbocycles. The summed E-state index contributed by atoms with van der Waals surface area (Å²) in [7, 11) is 0. The van der Waals surface area contributed by atoms with Crippen LogP contribution >= 0.6 is 23.2 Å². The number of fused-ring (bicyclic) bond motifs is 1. The Hall–Kier alpha value is -3.55. The zero-order chi connectivity index (χ0) is 24.0. The van der Waals surface area contributed by atoms with Crippen LogP contribution in [0.4, 0.5) is 10.1 Å². The van der Waals surface area contributed by atoms with E-state index in [0.717, 1.165) is 11.0 Å². The van der Waals surface area contributed by atoms with Crippen LogP contribution in [0.1, 0.15) is 17.2 Å². The van der Waals surface area contributed by atoms with Gasteiger partial charge in [-0.3, -0.25) is 14.5 Å². The molecule has 9 heteroatoms. The lowest BCUT2D eigenvalue weighted by molar-refractivity contribution is -0.132. The number of carbonyl (C=O) groups excluding carboxylic acids is 2. The van der Waals surface area contributed by atoms with Crippen LogP contribution in [-0.4, -0.2) is 30.0 Å². The molecule has 5 rings (SSSR count). The SMILES string of the molecule is O=C1C(=O)N(c2cccc(F)c2)C(c2ccc(Cl)c(Cl)c2)/C1=C(/O)c1ccc2c(c1)OCCO2. The van der Waals surface area contributed by atoms with Crippen molar-refractivity contribution in [3.63, 3.8) is 0 Å². The number of halogens is 3. The van der Waals surface area contributed by atoms with Gasteiger partial charge in [0.25, 0.3) is 11.7 Å². The summed E-state index contributed by atoms with van der Waals surface area (Å²) in [6.07, 6.45) is 0. The topological polar surface area (TPSA) is 76.1 Å². The molecule has 0 aliphatic carbocycles. The van der Waals surface area contributed by atoms with Crippen LogP contribution < -0.4 is 14.4 Å². The molecule has 0 aromatic heterocycles. The summed E-state index contributed by atoms with van der Waals surface area (Å²) in [6, 6.07) is 13.5. The first-order valence-corrected chi connectivity index (χ1v) is 11.0. The van der Waals surface area contributed by atoms with Gasteiger partial charge in [0.05, 0.1) is 21.7 Å². The second kappa shape index (κ2) is 8.66. The van der Waals surface area contributed by atoms with E-state index in [1.807, 2.05) is 0 Å². The van der Waals surface area contributed by atoms with E-state index in [9.17, 15) is 19.1 Å². The third-order valence-corrected chi connectivity index (χ3v) is 6.34. The lowest BCUT2D eigenvalue weighted by atomic mass is 9.95. The van der Waals surface area contributed by atoms with Gasteiger partial charge in [0.2, 0.25) is 0 Å². The molecule has 1 saturated heterocycles. The maximum Gasteiger partial charge on any atom is 0.300 e. The molecule has 2 heterocycles. The third kappa shape index (κ3) is 3.77. The Balaban J connectivity index is 1.71. The van der Waals surface area contributed by atoms with Crippen molar-refractivity contribution < 1.29 is 28.6 Å². The second-order valence-corrected chi connectivity index (χ2v) is 8.50. The molecular weight excluding hydrogens is 484 g/mol. The van der Waals surface area contributed by atoms with Gasteiger partial charge in [-0.05, 0) is 54.1 Å². The zero-order valence-corrected chi connectivity index (χ0v) is 18.9. The van der Waals surface area contributed by atoms with Crippen molar-refractivity contribution in [2.24, 2.45) is 0 Å². The van der Waals surface area contributed by atoms with Crippen molar-refractivity contribution in [2.45, 2.75) is 6.04 Å². The fourth-order valence-electron chi connectivity index (χ4n) is 4.07. The number of rotatable bonds is 3. The Morgan fingerprint density at radius 2 is 1.71 bits per heavy atom. The van der Waals surface area contributed by atoms with E-state index in [4.69, 9.17) is 32.7 Å². The Morgan fingerprint density at radius 1 is 0.941 bits per heavy atom. The van der Waals surface area contributed by atoms with E-state index < -0.39 is 29.3 Å². The molecule has 1 N–H and O–H groups in total. The van der Waals surface area contributed by atoms with Gasteiger partial charge in [-0.25, -0.2) is 4.39 Å². The van der Waals surface area contributed by atoms with Crippen molar-refractivity contribution in [3.05, 3.63) is 93.2 Å². The summed E-state index contributed by atoms with van der Waals surface area (Å²) in [5.74, 6) is -1.93. The summed E-state index contributed by atoms with van der Waals surface area (Å²) in [5, 5.41) is 11.7. The highest BCUT2D eigenvalue weighted by Crippen LogP contribution is 2.44. The fraction of sp³-hybridized carbons (Fsp3) is 0.120. The van der Waals surface area contributed by atoms with Gasteiger partial charge in [-0.1, -0.05) is 35.3 Å². The van der Waals surface area contributed by atoms with Crippen molar-refractivity contribution in [3.8, 4) is 11.5 Å². The molecule has 3 aromatic rings. The maximum atomic E-state index is 14.0. The van der Waals surface area contributed by atoms with Gasteiger partial charge in [-0.15, -0.1) is 0 Å². The van der Waals surface area contributed by atoms with E-state index in [2.05, 4.69) is 0 Å². The smallest absolute Gasteiger partial charge is 0.300 e. The molecule has 34 heavy (non-hydrogen) atoms. The number of amides is 1. The van der Waals surface area contributed by atoms with Gasteiger partial charge in [0.15, 0.2) is 11.5 Å². The van der Waals surface area contributed by atoms with Crippen LogP contribution in [-0.2, 0) is 9.59 Å². The molecule has 2 aliphatic rings. The normalized spacial score (nSPS) is 18.9. The number of ether oxygens (including phenoxy) is 2. The van der Waals surface area contributed by atoms with Gasteiger partial charge < -0.3 is 14.6 Å². The Kier molecular flexibility index (Phi) is 5.67. The molecule has 1 amide bonds. The number of aliphatic hydroxyl groups is 1. The Labute approximate surface area is 203 Å². The number of hydrogen-bond acceptors (Lipinski definition) is 5. The minimum atomic E-state index is -1.08. The average Bonchev–Trinajstić information content (AvgIpc) is 3.10. The third-order valence-electron chi connectivity index (χ3n) is 5.61. The van der Waals surface area contributed by atoms with E-state index in [1.165, 1.54) is 36.4 Å². The van der Waals surface area contributed by atoms with Crippen molar-refractivity contribution in [1.29, 1.82) is 0 Å². The number of benzene rings is 3. The summed E-state index contributed by atoms with van der Waals surface area (Å²) in [4.78, 5) is 27.5. The number of anilines is 1. The number of carbonyl (C=O) groups is 2. The first kappa shape index (κ1) is 22.3. The summed E-state index contributed by atoms with van der Waals surface area (Å²) >= 11 is 12.3. The molecule has 0 radical (unpaired) electrons. The van der Waals surface area contributed by atoms with Crippen LogP contribution in [0.3, 0.4) is 0 Å². The largest absolute Gasteiger partial charge is 0.507 e. The van der Waals surface area contributed by atoms with E-state index in [0.29, 0.717) is 30.3 Å². The molecule has 6 nitrogen and oxygen atoms in total. The van der Waals surface area contributed by atoms with E-state index in [1.54, 1.807) is 18.2 Å². The monoisotopic (exact) mass is 499 g/mol. The van der Waals surface area contributed by atoms with Gasteiger partial charge >= 0.3 is 0 Å². The lowest BCUT2D eigenvalue weighted by Gasteiger charge is -2.26. The molecule has 1 fully saturated rings. The molecule has 0 saturated carbocycles. The first-order chi connectivity index (χ1) is 16.3. The first-order valence-electron chi connectivity index (χ1n) is 10.3. The molecular formula is C25H16Cl2FNO5. The number of Topliss-reactive ketones (excluding diaryl/α,β-unsaturated/α-hetero) is 1. The summed E-state index contributed by atoms with van der Waals surface area (Å²) in [6.45, 7) is 0.735. The van der Waals surface area contributed by atoms with Crippen molar-refractivity contribution in [1.82, 2.24) is 0 Å². The van der Waals surface area contributed by atoms with Crippen molar-refractivity contribution >= 4 is 46.3 Å². The zero-order valence-electron chi connectivity index (χ0n) is 17.4. The predicted molar refractivity (Wildman–Crippen MR) is 125 cm³/mol. The predicted octanol–water partition coefficient (Wildman–Crippen LogP) is 5.53.